The average Bonchev–Trinajstić information content (AvgIpc) is 3.47. The van der Waals surface area contributed by atoms with Crippen LogP contribution >= 0.6 is 11.3 Å². The Balaban J connectivity index is 1.24. The highest BCUT2D eigenvalue weighted by Crippen LogP contribution is 2.29. The van der Waals surface area contributed by atoms with E-state index in [4.69, 9.17) is 14.8 Å². The summed E-state index contributed by atoms with van der Waals surface area (Å²) in [4.78, 5) is 18.1. The standard InChI is InChI=1S/C33H30N2O3S/c36-32(37)20-17-25-15-18-30(19-16-25)38-23-28-13-11-27(12-14-28)22-35(21-26-7-3-1-4-8-26)33-34-31(24-39-33)29-9-5-2-6-10-29/h1-16,18-19,24H,17,20-23H2,(H,36,37). The molecule has 1 aromatic heterocycles. The first kappa shape index (κ1) is 26.2. The first-order valence-corrected chi connectivity index (χ1v) is 13.8. The van der Waals surface area contributed by atoms with E-state index >= 15 is 0 Å². The summed E-state index contributed by atoms with van der Waals surface area (Å²) in [6, 6.07) is 36.9. The van der Waals surface area contributed by atoms with Crippen LogP contribution in [-0.2, 0) is 30.9 Å². The molecule has 5 aromatic rings. The second kappa shape index (κ2) is 12.9. The number of hydrogen-bond donors (Lipinski definition) is 1. The van der Waals surface area contributed by atoms with Crippen LogP contribution in [-0.4, -0.2) is 16.1 Å². The quantitative estimate of drug-likeness (QED) is 0.178. The summed E-state index contributed by atoms with van der Waals surface area (Å²) in [5, 5.41) is 12.0. The first-order chi connectivity index (χ1) is 19.1. The van der Waals surface area contributed by atoms with Gasteiger partial charge in [-0.3, -0.25) is 4.79 Å². The molecule has 5 rings (SSSR count). The zero-order chi connectivity index (χ0) is 26.9. The maximum atomic E-state index is 10.8. The smallest absolute Gasteiger partial charge is 0.303 e. The largest absolute Gasteiger partial charge is 0.489 e. The second-order valence-electron chi connectivity index (χ2n) is 9.37. The Morgan fingerprint density at radius 1 is 0.744 bits per heavy atom. The van der Waals surface area contributed by atoms with Gasteiger partial charge in [0, 0.05) is 30.5 Å². The van der Waals surface area contributed by atoms with Crippen molar-refractivity contribution in [2.24, 2.45) is 0 Å². The Hall–Kier alpha value is -4.42. The summed E-state index contributed by atoms with van der Waals surface area (Å²) in [7, 11) is 0. The summed E-state index contributed by atoms with van der Waals surface area (Å²) >= 11 is 1.67. The van der Waals surface area contributed by atoms with Gasteiger partial charge < -0.3 is 14.7 Å². The monoisotopic (exact) mass is 534 g/mol. The van der Waals surface area contributed by atoms with E-state index in [1.54, 1.807) is 11.3 Å². The van der Waals surface area contributed by atoms with Crippen LogP contribution in [0.5, 0.6) is 5.75 Å². The molecule has 0 unspecified atom stereocenters. The highest BCUT2D eigenvalue weighted by atomic mass is 32.1. The van der Waals surface area contributed by atoms with Gasteiger partial charge in [0.05, 0.1) is 5.69 Å². The van der Waals surface area contributed by atoms with E-state index in [1.807, 2.05) is 48.5 Å². The van der Waals surface area contributed by atoms with Crippen LogP contribution in [0.15, 0.2) is 115 Å². The van der Waals surface area contributed by atoms with Crippen LogP contribution in [0, 0.1) is 0 Å². The van der Waals surface area contributed by atoms with E-state index in [0.29, 0.717) is 13.0 Å². The van der Waals surface area contributed by atoms with Gasteiger partial charge in [-0.2, -0.15) is 0 Å². The van der Waals surface area contributed by atoms with Gasteiger partial charge in [-0.1, -0.05) is 97.1 Å². The highest BCUT2D eigenvalue weighted by molar-refractivity contribution is 7.14. The fourth-order valence-electron chi connectivity index (χ4n) is 4.28. The van der Waals surface area contributed by atoms with E-state index in [9.17, 15) is 4.79 Å². The van der Waals surface area contributed by atoms with Crippen molar-refractivity contribution in [3.05, 3.63) is 137 Å². The molecule has 4 aromatic carbocycles. The first-order valence-electron chi connectivity index (χ1n) is 12.9. The number of carboxylic acids is 1. The van der Waals surface area contributed by atoms with Crippen molar-refractivity contribution in [1.82, 2.24) is 4.98 Å². The number of ether oxygens (including phenoxy) is 1. The zero-order valence-electron chi connectivity index (χ0n) is 21.6. The number of rotatable bonds is 12. The molecule has 0 bridgehead atoms. The Bertz CT molecular complexity index is 1470. The van der Waals surface area contributed by atoms with E-state index in [2.05, 4.69) is 70.9 Å². The number of nitrogens with zero attached hydrogens (tertiary/aromatic N) is 2. The number of aryl methyl sites for hydroxylation is 1. The minimum Gasteiger partial charge on any atom is -0.489 e. The molecule has 0 aliphatic rings. The molecule has 6 heteroatoms. The van der Waals surface area contributed by atoms with Gasteiger partial charge in [-0.05, 0) is 40.8 Å². The molecule has 0 fully saturated rings. The Morgan fingerprint density at radius 2 is 1.33 bits per heavy atom. The van der Waals surface area contributed by atoms with E-state index in [1.165, 1.54) is 11.1 Å². The van der Waals surface area contributed by atoms with Crippen molar-refractivity contribution in [2.75, 3.05) is 4.90 Å². The average molecular weight is 535 g/mol. The summed E-state index contributed by atoms with van der Waals surface area (Å²) in [6.45, 7) is 1.99. The van der Waals surface area contributed by atoms with Gasteiger partial charge in [0.15, 0.2) is 5.13 Å². The molecule has 196 valence electrons. The predicted molar refractivity (Wildman–Crippen MR) is 157 cm³/mol. The van der Waals surface area contributed by atoms with E-state index in [-0.39, 0.29) is 6.42 Å². The molecule has 5 nitrogen and oxygen atoms in total. The molecule has 39 heavy (non-hydrogen) atoms. The maximum absolute atomic E-state index is 10.8. The number of anilines is 1. The van der Waals surface area contributed by atoms with Crippen LogP contribution in [0.1, 0.15) is 28.7 Å². The van der Waals surface area contributed by atoms with Crippen LogP contribution in [0.2, 0.25) is 0 Å². The number of carbonyl (C=O) groups is 1. The van der Waals surface area contributed by atoms with Gasteiger partial charge >= 0.3 is 5.97 Å². The molecular weight excluding hydrogens is 504 g/mol. The molecule has 1 N–H and O–H groups in total. The Morgan fingerprint density at radius 3 is 2.00 bits per heavy atom. The van der Waals surface area contributed by atoms with Gasteiger partial charge in [-0.25, -0.2) is 4.98 Å². The van der Waals surface area contributed by atoms with Crippen LogP contribution in [0.25, 0.3) is 11.3 Å². The number of aliphatic carboxylic acids is 1. The third-order valence-corrected chi connectivity index (χ3v) is 7.30. The second-order valence-corrected chi connectivity index (χ2v) is 10.2. The molecule has 1 heterocycles. The lowest BCUT2D eigenvalue weighted by Gasteiger charge is -2.22. The molecule has 0 aliphatic carbocycles. The zero-order valence-corrected chi connectivity index (χ0v) is 22.4. The van der Waals surface area contributed by atoms with Crippen molar-refractivity contribution in [1.29, 1.82) is 0 Å². The van der Waals surface area contributed by atoms with E-state index < -0.39 is 5.97 Å². The lowest BCUT2D eigenvalue weighted by molar-refractivity contribution is -0.136. The topological polar surface area (TPSA) is 62.7 Å². The number of hydrogen-bond acceptors (Lipinski definition) is 5. The number of aromatic nitrogens is 1. The number of carboxylic acid groups (broad SMARTS) is 1. The van der Waals surface area contributed by atoms with Crippen LogP contribution < -0.4 is 9.64 Å². The molecule has 0 radical (unpaired) electrons. The van der Waals surface area contributed by atoms with Crippen molar-refractivity contribution in [3.8, 4) is 17.0 Å². The minimum absolute atomic E-state index is 0.131. The summed E-state index contributed by atoms with van der Waals surface area (Å²) in [5.74, 6) is -0.0178. The molecule has 0 spiro atoms. The summed E-state index contributed by atoms with van der Waals surface area (Å²) in [5.41, 5.74) is 6.64. The molecular formula is C33H30N2O3S. The van der Waals surface area contributed by atoms with Crippen LogP contribution in [0.4, 0.5) is 5.13 Å². The normalized spacial score (nSPS) is 10.8. The maximum Gasteiger partial charge on any atom is 0.303 e. The summed E-state index contributed by atoms with van der Waals surface area (Å²) < 4.78 is 5.95. The highest BCUT2D eigenvalue weighted by Gasteiger charge is 2.14. The van der Waals surface area contributed by atoms with Crippen molar-refractivity contribution in [3.63, 3.8) is 0 Å². The van der Waals surface area contributed by atoms with Gasteiger partial charge in [0.1, 0.15) is 12.4 Å². The van der Waals surface area contributed by atoms with Crippen molar-refractivity contribution < 1.29 is 14.6 Å². The van der Waals surface area contributed by atoms with Crippen LogP contribution in [0.3, 0.4) is 0 Å². The van der Waals surface area contributed by atoms with Gasteiger partial charge in [0.25, 0.3) is 0 Å². The lowest BCUT2D eigenvalue weighted by Crippen LogP contribution is -2.22. The lowest BCUT2D eigenvalue weighted by atomic mass is 10.1. The minimum atomic E-state index is -0.787. The SMILES string of the molecule is O=C(O)CCc1ccc(OCc2ccc(CN(Cc3ccccc3)c3nc(-c4ccccc4)cs3)cc2)cc1. The van der Waals surface area contributed by atoms with E-state index in [0.717, 1.165) is 46.4 Å². The Kier molecular flexibility index (Phi) is 8.66. The molecule has 0 aliphatic heterocycles. The van der Waals surface area contributed by atoms with Gasteiger partial charge in [-0.15, -0.1) is 11.3 Å². The fourth-order valence-corrected chi connectivity index (χ4v) is 5.11. The van der Waals surface area contributed by atoms with Crippen molar-refractivity contribution >= 4 is 22.4 Å². The fraction of sp³-hybridized carbons (Fsp3) is 0.152. The third kappa shape index (κ3) is 7.55. The molecule has 0 amide bonds. The Labute approximate surface area is 233 Å². The molecule has 0 saturated carbocycles. The predicted octanol–water partition coefficient (Wildman–Crippen LogP) is 7.61. The van der Waals surface area contributed by atoms with Crippen molar-refractivity contribution in [2.45, 2.75) is 32.5 Å². The summed E-state index contributed by atoms with van der Waals surface area (Å²) in [6.07, 6.45) is 0.652. The number of thiazole rings is 1. The molecule has 0 saturated heterocycles. The number of benzene rings is 4. The molecule has 0 atom stereocenters. The van der Waals surface area contributed by atoms with Gasteiger partial charge in [0.2, 0.25) is 0 Å². The third-order valence-electron chi connectivity index (χ3n) is 6.40.